The molecule has 1 aromatic rings. The normalized spacial score (nSPS) is 13.5. The van der Waals surface area contributed by atoms with Crippen molar-refractivity contribution in [1.29, 1.82) is 0 Å². The van der Waals surface area contributed by atoms with Gasteiger partial charge in [-0.1, -0.05) is 68.7 Å². The number of thiocarbonyl (C=S) groups is 1. The summed E-state index contributed by atoms with van der Waals surface area (Å²) in [5.74, 6) is 0. The third-order valence-corrected chi connectivity index (χ3v) is 4.11. The molecule has 1 unspecified atom stereocenters. The van der Waals surface area contributed by atoms with Crippen molar-refractivity contribution in [1.82, 2.24) is 5.48 Å². The molecule has 124 valence electrons. The van der Waals surface area contributed by atoms with Gasteiger partial charge < -0.3 is 9.42 Å². The van der Waals surface area contributed by atoms with Crippen molar-refractivity contribution < 1.29 is 18.6 Å². The van der Waals surface area contributed by atoms with Crippen LogP contribution in [0.2, 0.25) is 0 Å². The number of phosphoric acid groups is 1. The van der Waals surface area contributed by atoms with Crippen LogP contribution >= 0.6 is 20.0 Å². The minimum Gasteiger partial charge on any atom is -0.755 e. The van der Waals surface area contributed by atoms with Crippen molar-refractivity contribution in [3.8, 4) is 0 Å². The summed E-state index contributed by atoms with van der Waals surface area (Å²) in [7, 11) is -4.38. The van der Waals surface area contributed by atoms with Gasteiger partial charge in [-0.2, -0.15) is 0 Å². The lowest BCUT2D eigenvalue weighted by molar-refractivity contribution is -0.228. The molecule has 7 heteroatoms. The first kappa shape index (κ1) is 19.3. The van der Waals surface area contributed by atoms with E-state index in [1.165, 1.54) is 0 Å². The van der Waals surface area contributed by atoms with E-state index in [4.69, 9.17) is 16.7 Å². The quantitative estimate of drug-likeness (QED) is 0.287. The van der Waals surface area contributed by atoms with E-state index in [1.807, 2.05) is 30.3 Å². The lowest BCUT2D eigenvalue weighted by Gasteiger charge is -2.22. The summed E-state index contributed by atoms with van der Waals surface area (Å²) >= 11 is 5.01. The number of unbranched alkanes of at least 4 members (excludes halogenated alkanes) is 3. The van der Waals surface area contributed by atoms with Crippen molar-refractivity contribution in [2.45, 2.75) is 45.4 Å². The highest BCUT2D eigenvalue weighted by Gasteiger charge is 2.10. The second kappa shape index (κ2) is 10.9. The number of benzene rings is 1. The van der Waals surface area contributed by atoms with Crippen LogP contribution in [0.25, 0.3) is 0 Å². The molecule has 0 bridgehead atoms. The molecule has 0 aliphatic heterocycles. The number of nitrogens with one attached hydrogen (secondary N) is 1. The Bertz CT molecular complexity index is 484. The van der Waals surface area contributed by atoms with E-state index in [0.717, 1.165) is 31.2 Å². The summed E-state index contributed by atoms with van der Waals surface area (Å²) in [5.41, 5.74) is 3.28. The standard InChI is InChI=1S/C15H24NO4PS/c1-2-3-4-8-11-15(22)16-20-21(17,18)19-13-12-14-9-6-5-7-10-14/h5-7,9-10H,2-4,8,11-13H2,1H3,(H,16,22)(H,17,18)/p-1. The van der Waals surface area contributed by atoms with Gasteiger partial charge in [0.25, 0.3) is 7.82 Å². The van der Waals surface area contributed by atoms with E-state index >= 15 is 0 Å². The summed E-state index contributed by atoms with van der Waals surface area (Å²) in [6.45, 7) is 2.16. The summed E-state index contributed by atoms with van der Waals surface area (Å²) in [6, 6.07) is 9.49. The Morgan fingerprint density at radius 2 is 2.00 bits per heavy atom. The SMILES string of the molecule is CCCCCCC(=S)NOP(=O)([O-])OCCc1ccccc1. The van der Waals surface area contributed by atoms with Crippen molar-refractivity contribution >= 4 is 25.0 Å². The van der Waals surface area contributed by atoms with Gasteiger partial charge in [-0.15, -0.1) is 0 Å². The average molecular weight is 344 g/mol. The van der Waals surface area contributed by atoms with Gasteiger partial charge in [-0.25, -0.2) is 4.62 Å². The zero-order valence-electron chi connectivity index (χ0n) is 12.8. The molecule has 0 saturated heterocycles. The van der Waals surface area contributed by atoms with Crippen LogP contribution in [-0.2, 0) is 20.1 Å². The van der Waals surface area contributed by atoms with E-state index in [9.17, 15) is 9.46 Å². The molecule has 0 heterocycles. The molecule has 1 aromatic carbocycles. The number of phosphoric ester groups is 1. The summed E-state index contributed by atoms with van der Waals surface area (Å²) < 4.78 is 20.9. The topological polar surface area (TPSA) is 70.6 Å². The van der Waals surface area contributed by atoms with E-state index in [2.05, 4.69) is 17.0 Å². The van der Waals surface area contributed by atoms with Gasteiger partial charge in [0.2, 0.25) is 0 Å². The van der Waals surface area contributed by atoms with Gasteiger partial charge in [0.05, 0.1) is 6.61 Å². The summed E-state index contributed by atoms with van der Waals surface area (Å²) in [5, 5.41) is 0. The van der Waals surface area contributed by atoms with Crippen LogP contribution < -0.4 is 10.4 Å². The zero-order valence-corrected chi connectivity index (χ0v) is 14.5. The van der Waals surface area contributed by atoms with Crippen LogP contribution in [0.15, 0.2) is 30.3 Å². The molecular formula is C15H23NO4PS-. The molecule has 0 aromatic heterocycles. The highest BCUT2D eigenvalue weighted by atomic mass is 32.1. The minimum absolute atomic E-state index is 0.0374. The molecule has 0 radical (unpaired) electrons. The first-order chi connectivity index (χ1) is 10.5. The highest BCUT2D eigenvalue weighted by Crippen LogP contribution is 2.36. The fraction of sp³-hybridized carbons (Fsp3) is 0.533. The molecule has 1 N–H and O–H groups in total. The van der Waals surface area contributed by atoms with Crippen LogP contribution in [0.4, 0.5) is 0 Å². The van der Waals surface area contributed by atoms with Gasteiger partial charge in [0.15, 0.2) is 0 Å². The molecular weight excluding hydrogens is 321 g/mol. The number of hydroxylamine groups is 1. The predicted octanol–water partition coefficient (Wildman–Crippen LogP) is 3.53. The molecule has 1 atom stereocenters. The Kier molecular flexibility index (Phi) is 9.52. The van der Waals surface area contributed by atoms with Gasteiger partial charge in [-0.3, -0.25) is 10.0 Å². The van der Waals surface area contributed by atoms with Crippen LogP contribution in [0.1, 0.15) is 44.6 Å². The summed E-state index contributed by atoms with van der Waals surface area (Å²) in [4.78, 5) is 11.9. The predicted molar refractivity (Wildman–Crippen MR) is 89.3 cm³/mol. The Labute approximate surface area is 137 Å². The first-order valence-corrected chi connectivity index (χ1v) is 9.37. The number of rotatable bonds is 11. The molecule has 0 fully saturated rings. The average Bonchev–Trinajstić information content (AvgIpc) is 2.51. The molecule has 5 nitrogen and oxygen atoms in total. The number of hydrogen-bond donors (Lipinski definition) is 1. The molecule has 0 aliphatic rings. The maximum Gasteiger partial charge on any atom is 0.290 e. The van der Waals surface area contributed by atoms with Gasteiger partial charge in [0.1, 0.15) is 4.99 Å². The van der Waals surface area contributed by atoms with Crippen molar-refractivity contribution in [2.24, 2.45) is 0 Å². The second-order valence-electron chi connectivity index (χ2n) is 4.94. The van der Waals surface area contributed by atoms with Crippen molar-refractivity contribution in [3.63, 3.8) is 0 Å². The Morgan fingerprint density at radius 3 is 2.68 bits per heavy atom. The van der Waals surface area contributed by atoms with Gasteiger partial charge >= 0.3 is 0 Å². The van der Waals surface area contributed by atoms with E-state index in [1.54, 1.807) is 0 Å². The minimum atomic E-state index is -4.38. The Morgan fingerprint density at radius 1 is 1.27 bits per heavy atom. The fourth-order valence-corrected chi connectivity index (χ4v) is 2.65. The lowest BCUT2D eigenvalue weighted by atomic mass is 10.2. The third kappa shape index (κ3) is 9.28. The maximum atomic E-state index is 11.6. The van der Waals surface area contributed by atoms with E-state index in [0.29, 0.717) is 17.8 Å². The Hall–Kier alpha value is -0.780. The van der Waals surface area contributed by atoms with Crippen LogP contribution in [0, 0.1) is 0 Å². The van der Waals surface area contributed by atoms with E-state index in [-0.39, 0.29) is 6.61 Å². The smallest absolute Gasteiger partial charge is 0.290 e. The van der Waals surface area contributed by atoms with E-state index < -0.39 is 7.82 Å². The molecule has 0 saturated carbocycles. The van der Waals surface area contributed by atoms with Crippen molar-refractivity contribution in [2.75, 3.05) is 6.61 Å². The molecule has 0 amide bonds. The summed E-state index contributed by atoms with van der Waals surface area (Å²) in [6.07, 6.45) is 5.38. The van der Waals surface area contributed by atoms with Crippen LogP contribution in [0.3, 0.4) is 0 Å². The number of hydrogen-bond acceptors (Lipinski definition) is 5. The Balaban J connectivity index is 2.17. The highest BCUT2D eigenvalue weighted by molar-refractivity contribution is 7.80. The second-order valence-corrected chi connectivity index (χ2v) is 6.77. The monoisotopic (exact) mass is 344 g/mol. The largest absolute Gasteiger partial charge is 0.755 e. The van der Waals surface area contributed by atoms with Gasteiger partial charge in [-0.05, 0) is 24.8 Å². The maximum absolute atomic E-state index is 11.6. The molecule has 1 rings (SSSR count). The zero-order chi connectivity index (χ0) is 16.3. The third-order valence-electron chi connectivity index (χ3n) is 3.01. The molecule has 0 aliphatic carbocycles. The molecule has 22 heavy (non-hydrogen) atoms. The van der Waals surface area contributed by atoms with Crippen molar-refractivity contribution in [3.05, 3.63) is 35.9 Å². The van der Waals surface area contributed by atoms with Gasteiger partial charge in [0, 0.05) is 0 Å². The molecule has 0 spiro atoms. The van der Waals surface area contributed by atoms with Crippen LogP contribution in [0.5, 0.6) is 0 Å². The first-order valence-electron chi connectivity index (χ1n) is 7.50. The lowest BCUT2D eigenvalue weighted by Crippen LogP contribution is -2.24. The fourth-order valence-electron chi connectivity index (χ4n) is 1.82. The van der Waals surface area contributed by atoms with Crippen LogP contribution in [-0.4, -0.2) is 11.6 Å².